The van der Waals surface area contributed by atoms with Gasteiger partial charge in [0.1, 0.15) is 0 Å². The third-order valence-corrected chi connectivity index (χ3v) is 3.97. The summed E-state index contributed by atoms with van der Waals surface area (Å²) in [6, 6.07) is 7.10. The minimum absolute atomic E-state index is 0.00170. The molecular formula is C15H11BrClF2NO. The van der Waals surface area contributed by atoms with Crippen molar-refractivity contribution < 1.29 is 13.6 Å². The highest BCUT2D eigenvalue weighted by atomic mass is 79.9. The Hall–Kier alpha value is -1.46. The van der Waals surface area contributed by atoms with Crippen LogP contribution in [0, 0.1) is 18.6 Å². The van der Waals surface area contributed by atoms with Crippen molar-refractivity contribution >= 4 is 39.1 Å². The molecule has 0 saturated heterocycles. The first kappa shape index (κ1) is 15.9. The van der Waals surface area contributed by atoms with Gasteiger partial charge in [-0.3, -0.25) is 4.79 Å². The highest BCUT2D eigenvalue weighted by molar-refractivity contribution is 9.10. The summed E-state index contributed by atoms with van der Waals surface area (Å²) in [5.74, 6) is -2.44. The fraction of sp³-hybridized carbons (Fsp3) is 0.133. The highest BCUT2D eigenvalue weighted by Gasteiger charge is 2.13. The van der Waals surface area contributed by atoms with E-state index in [1.807, 2.05) is 6.92 Å². The van der Waals surface area contributed by atoms with E-state index >= 15 is 0 Å². The molecule has 21 heavy (non-hydrogen) atoms. The van der Waals surface area contributed by atoms with Crippen LogP contribution < -0.4 is 5.32 Å². The Balaban J connectivity index is 2.16. The molecule has 0 saturated carbocycles. The average Bonchev–Trinajstić information content (AvgIpc) is 2.41. The Labute approximate surface area is 134 Å². The SMILES string of the molecule is Cc1cc(Br)c(NC(=O)Cc2cccc(F)c2F)cc1Cl. The van der Waals surface area contributed by atoms with Crippen LogP contribution in [0.1, 0.15) is 11.1 Å². The number of nitrogens with one attached hydrogen (secondary N) is 1. The maximum Gasteiger partial charge on any atom is 0.228 e. The summed E-state index contributed by atoms with van der Waals surface area (Å²) in [6.45, 7) is 1.83. The number of carbonyl (C=O) groups is 1. The van der Waals surface area contributed by atoms with Crippen LogP contribution in [-0.4, -0.2) is 5.91 Å². The molecule has 0 unspecified atom stereocenters. The molecule has 110 valence electrons. The van der Waals surface area contributed by atoms with Gasteiger partial charge < -0.3 is 5.32 Å². The first-order valence-electron chi connectivity index (χ1n) is 6.07. The number of halogens is 4. The summed E-state index contributed by atoms with van der Waals surface area (Å²) in [4.78, 5) is 11.9. The van der Waals surface area contributed by atoms with Gasteiger partial charge in [0.2, 0.25) is 5.91 Å². The van der Waals surface area contributed by atoms with Crippen molar-refractivity contribution in [2.45, 2.75) is 13.3 Å². The Morgan fingerprint density at radius 2 is 2.05 bits per heavy atom. The zero-order valence-corrected chi connectivity index (χ0v) is 13.4. The fourth-order valence-corrected chi connectivity index (χ4v) is 2.52. The number of hydrogen-bond acceptors (Lipinski definition) is 1. The molecule has 6 heteroatoms. The van der Waals surface area contributed by atoms with Crippen molar-refractivity contribution in [2.75, 3.05) is 5.32 Å². The second-order valence-corrected chi connectivity index (χ2v) is 5.78. The van der Waals surface area contributed by atoms with Crippen molar-refractivity contribution in [2.24, 2.45) is 0 Å². The van der Waals surface area contributed by atoms with Crippen molar-refractivity contribution in [3.63, 3.8) is 0 Å². The van der Waals surface area contributed by atoms with E-state index in [2.05, 4.69) is 21.2 Å². The maximum atomic E-state index is 13.5. The smallest absolute Gasteiger partial charge is 0.228 e. The zero-order valence-electron chi connectivity index (χ0n) is 11.0. The normalized spacial score (nSPS) is 10.5. The van der Waals surface area contributed by atoms with Gasteiger partial charge in [-0.1, -0.05) is 23.7 Å². The number of benzene rings is 2. The lowest BCUT2D eigenvalue weighted by Gasteiger charge is -2.10. The molecular weight excluding hydrogens is 364 g/mol. The van der Waals surface area contributed by atoms with Gasteiger partial charge in [0, 0.05) is 15.1 Å². The summed E-state index contributed by atoms with van der Waals surface area (Å²) in [5, 5.41) is 3.12. The van der Waals surface area contributed by atoms with E-state index in [1.54, 1.807) is 12.1 Å². The highest BCUT2D eigenvalue weighted by Crippen LogP contribution is 2.29. The van der Waals surface area contributed by atoms with Gasteiger partial charge in [-0.2, -0.15) is 0 Å². The molecule has 0 aliphatic heterocycles. The fourth-order valence-electron chi connectivity index (χ4n) is 1.79. The van der Waals surface area contributed by atoms with Crippen LogP contribution in [0.2, 0.25) is 5.02 Å². The quantitative estimate of drug-likeness (QED) is 0.816. The van der Waals surface area contributed by atoms with Gasteiger partial charge in [0.05, 0.1) is 12.1 Å². The Morgan fingerprint density at radius 1 is 1.33 bits per heavy atom. The predicted molar refractivity (Wildman–Crippen MR) is 82.6 cm³/mol. The summed E-state index contributed by atoms with van der Waals surface area (Å²) in [5.41, 5.74) is 1.34. The molecule has 0 spiro atoms. The van der Waals surface area contributed by atoms with Crippen molar-refractivity contribution in [1.82, 2.24) is 0 Å². The van der Waals surface area contributed by atoms with Gasteiger partial charge in [-0.05, 0) is 46.6 Å². The van der Waals surface area contributed by atoms with Crippen molar-refractivity contribution in [3.8, 4) is 0 Å². The maximum absolute atomic E-state index is 13.5. The van der Waals surface area contributed by atoms with Gasteiger partial charge in [0.25, 0.3) is 0 Å². The molecule has 0 atom stereocenters. The monoisotopic (exact) mass is 373 g/mol. The van der Waals surface area contributed by atoms with Crippen LogP contribution in [0.3, 0.4) is 0 Å². The van der Waals surface area contributed by atoms with E-state index in [4.69, 9.17) is 11.6 Å². The molecule has 0 fully saturated rings. The summed E-state index contributed by atoms with van der Waals surface area (Å²) in [6.07, 6.45) is -0.262. The molecule has 0 heterocycles. The van der Waals surface area contributed by atoms with E-state index < -0.39 is 17.5 Å². The second-order valence-electron chi connectivity index (χ2n) is 4.52. The second kappa shape index (κ2) is 6.54. The number of rotatable bonds is 3. The minimum atomic E-state index is -1.01. The Morgan fingerprint density at radius 3 is 2.76 bits per heavy atom. The predicted octanol–water partition coefficient (Wildman–Crippen LogP) is 4.87. The molecule has 2 rings (SSSR count). The third-order valence-electron chi connectivity index (χ3n) is 2.90. The van der Waals surface area contributed by atoms with E-state index in [0.29, 0.717) is 15.2 Å². The van der Waals surface area contributed by atoms with Crippen LogP contribution in [0.25, 0.3) is 0 Å². The zero-order chi connectivity index (χ0) is 15.6. The average molecular weight is 375 g/mol. The van der Waals surface area contributed by atoms with Gasteiger partial charge >= 0.3 is 0 Å². The summed E-state index contributed by atoms with van der Waals surface area (Å²) >= 11 is 9.31. The first-order valence-corrected chi connectivity index (χ1v) is 7.24. The van der Waals surface area contributed by atoms with Crippen molar-refractivity contribution in [1.29, 1.82) is 0 Å². The Bertz CT molecular complexity index is 706. The molecule has 2 aromatic rings. The van der Waals surface area contributed by atoms with Gasteiger partial charge in [0.15, 0.2) is 11.6 Å². The number of anilines is 1. The molecule has 0 aromatic heterocycles. The van der Waals surface area contributed by atoms with Crippen LogP contribution in [-0.2, 0) is 11.2 Å². The topological polar surface area (TPSA) is 29.1 Å². The van der Waals surface area contributed by atoms with E-state index in [9.17, 15) is 13.6 Å². The summed E-state index contributed by atoms with van der Waals surface area (Å²) in [7, 11) is 0. The molecule has 2 nitrogen and oxygen atoms in total. The number of aryl methyl sites for hydroxylation is 1. The molecule has 0 bridgehead atoms. The van der Waals surface area contributed by atoms with Crippen LogP contribution >= 0.6 is 27.5 Å². The first-order chi connectivity index (χ1) is 9.88. The standard InChI is InChI=1S/C15H11BrClF2NO/c1-8-5-10(16)13(7-11(8)17)20-14(21)6-9-3-2-4-12(18)15(9)19/h2-5,7H,6H2,1H3,(H,20,21). The lowest BCUT2D eigenvalue weighted by Crippen LogP contribution is -2.16. The van der Waals surface area contributed by atoms with Gasteiger partial charge in [-0.25, -0.2) is 8.78 Å². The van der Waals surface area contributed by atoms with E-state index in [-0.39, 0.29) is 12.0 Å². The third kappa shape index (κ3) is 3.80. The molecule has 0 aliphatic carbocycles. The lowest BCUT2D eigenvalue weighted by atomic mass is 10.1. The summed E-state index contributed by atoms with van der Waals surface area (Å²) < 4.78 is 27.3. The minimum Gasteiger partial charge on any atom is -0.325 e. The van der Waals surface area contributed by atoms with Crippen LogP contribution in [0.5, 0.6) is 0 Å². The number of hydrogen-bond donors (Lipinski definition) is 1. The molecule has 2 aromatic carbocycles. The van der Waals surface area contributed by atoms with E-state index in [1.165, 1.54) is 12.1 Å². The van der Waals surface area contributed by atoms with E-state index in [0.717, 1.165) is 11.6 Å². The number of carbonyl (C=O) groups excluding carboxylic acids is 1. The lowest BCUT2D eigenvalue weighted by molar-refractivity contribution is -0.115. The van der Waals surface area contributed by atoms with Crippen LogP contribution in [0.4, 0.5) is 14.5 Å². The van der Waals surface area contributed by atoms with Crippen LogP contribution in [0.15, 0.2) is 34.8 Å². The molecule has 1 amide bonds. The Kier molecular flexibility index (Phi) is 4.96. The molecule has 0 radical (unpaired) electrons. The van der Waals surface area contributed by atoms with Crippen molar-refractivity contribution in [3.05, 3.63) is 62.6 Å². The number of amides is 1. The molecule has 1 N–H and O–H groups in total. The van der Waals surface area contributed by atoms with Gasteiger partial charge in [-0.15, -0.1) is 0 Å². The largest absolute Gasteiger partial charge is 0.325 e. The molecule has 0 aliphatic rings.